The molecule has 0 saturated heterocycles. The van der Waals surface area contributed by atoms with Gasteiger partial charge in [-0.1, -0.05) is 23.7 Å². The first-order valence-electron chi connectivity index (χ1n) is 8.03. The molecule has 0 radical (unpaired) electrons. The molecule has 1 aromatic heterocycles. The second-order valence-electron chi connectivity index (χ2n) is 5.50. The molecule has 0 fully saturated rings. The van der Waals surface area contributed by atoms with Gasteiger partial charge in [0, 0.05) is 28.0 Å². The summed E-state index contributed by atoms with van der Waals surface area (Å²) >= 11 is 5.82. The number of nitrogens with zero attached hydrogens (tertiary/aromatic N) is 2. The van der Waals surface area contributed by atoms with E-state index in [0.29, 0.717) is 27.5 Å². The molecule has 0 atom stereocenters. The van der Waals surface area contributed by atoms with Crippen LogP contribution in [0.25, 0.3) is 0 Å². The van der Waals surface area contributed by atoms with Gasteiger partial charge in [0.05, 0.1) is 11.9 Å². The van der Waals surface area contributed by atoms with Crippen molar-refractivity contribution in [2.24, 2.45) is 5.10 Å². The molecule has 2 N–H and O–H groups in total. The molecule has 0 aliphatic heterocycles. The van der Waals surface area contributed by atoms with Crippen LogP contribution in [0.1, 0.15) is 26.4 Å². The highest BCUT2D eigenvalue weighted by atomic mass is 35.5. The quantitative estimate of drug-likeness (QED) is 0.524. The van der Waals surface area contributed by atoms with Gasteiger partial charge in [0.25, 0.3) is 11.8 Å². The van der Waals surface area contributed by atoms with Crippen molar-refractivity contribution >= 4 is 35.3 Å². The zero-order chi connectivity index (χ0) is 19.1. The summed E-state index contributed by atoms with van der Waals surface area (Å²) in [5.41, 5.74) is 4.38. The van der Waals surface area contributed by atoms with E-state index in [2.05, 4.69) is 20.8 Å². The molecule has 6 nitrogen and oxygen atoms in total. The molecule has 0 saturated carbocycles. The number of amides is 2. The Morgan fingerprint density at radius 1 is 0.926 bits per heavy atom. The van der Waals surface area contributed by atoms with Gasteiger partial charge in [-0.3, -0.25) is 14.6 Å². The largest absolute Gasteiger partial charge is 0.322 e. The van der Waals surface area contributed by atoms with Gasteiger partial charge in [-0.25, -0.2) is 5.43 Å². The van der Waals surface area contributed by atoms with Gasteiger partial charge in [-0.15, -0.1) is 0 Å². The SMILES string of the molecule is O=C(NN=Cc1ccccn1)c1cccc(NC(=O)c2ccc(Cl)cc2)c1. The Hall–Kier alpha value is -3.51. The van der Waals surface area contributed by atoms with E-state index in [1.54, 1.807) is 66.9 Å². The maximum atomic E-state index is 12.3. The number of carbonyl (C=O) groups is 2. The average molecular weight is 379 g/mol. The summed E-state index contributed by atoms with van der Waals surface area (Å²) in [6, 6.07) is 18.5. The number of hydrogen-bond acceptors (Lipinski definition) is 4. The Kier molecular flexibility index (Phi) is 5.91. The standard InChI is InChI=1S/C20H15ClN4O2/c21-16-9-7-14(8-10-16)19(26)24-17-6-3-4-15(12-17)20(27)25-23-13-18-5-1-2-11-22-18/h1-13H,(H,24,26)(H,25,27). The Bertz CT molecular complexity index is 973. The van der Waals surface area contributed by atoms with E-state index in [9.17, 15) is 9.59 Å². The first-order valence-corrected chi connectivity index (χ1v) is 8.41. The zero-order valence-electron chi connectivity index (χ0n) is 14.1. The fraction of sp³-hybridized carbons (Fsp3) is 0. The predicted octanol–water partition coefficient (Wildman–Crippen LogP) is 3.75. The minimum absolute atomic E-state index is 0.294. The molecule has 0 aliphatic carbocycles. The van der Waals surface area contributed by atoms with Crippen LogP contribution in [0.2, 0.25) is 5.02 Å². The van der Waals surface area contributed by atoms with Crippen molar-refractivity contribution in [3.63, 3.8) is 0 Å². The van der Waals surface area contributed by atoms with E-state index in [-0.39, 0.29) is 5.91 Å². The fourth-order valence-electron chi connectivity index (χ4n) is 2.22. The Morgan fingerprint density at radius 3 is 2.48 bits per heavy atom. The van der Waals surface area contributed by atoms with Gasteiger partial charge < -0.3 is 5.32 Å². The van der Waals surface area contributed by atoms with Crippen molar-refractivity contribution < 1.29 is 9.59 Å². The Morgan fingerprint density at radius 2 is 1.74 bits per heavy atom. The maximum Gasteiger partial charge on any atom is 0.271 e. The number of hydrogen-bond donors (Lipinski definition) is 2. The smallest absolute Gasteiger partial charge is 0.271 e. The summed E-state index contributed by atoms with van der Waals surface area (Å²) in [7, 11) is 0. The van der Waals surface area contributed by atoms with Gasteiger partial charge >= 0.3 is 0 Å². The molecule has 1 heterocycles. The van der Waals surface area contributed by atoms with Crippen molar-refractivity contribution in [1.29, 1.82) is 0 Å². The third-order valence-corrected chi connectivity index (χ3v) is 3.79. The lowest BCUT2D eigenvalue weighted by molar-refractivity contribution is 0.0953. The molecular formula is C20H15ClN4O2. The van der Waals surface area contributed by atoms with Crippen LogP contribution in [0.15, 0.2) is 78.0 Å². The summed E-state index contributed by atoms with van der Waals surface area (Å²) in [5, 5.41) is 7.17. The van der Waals surface area contributed by atoms with Crippen molar-refractivity contribution in [1.82, 2.24) is 10.4 Å². The normalized spacial score (nSPS) is 10.6. The fourth-order valence-corrected chi connectivity index (χ4v) is 2.34. The minimum Gasteiger partial charge on any atom is -0.322 e. The molecule has 27 heavy (non-hydrogen) atoms. The van der Waals surface area contributed by atoms with E-state index < -0.39 is 5.91 Å². The second kappa shape index (κ2) is 8.73. The van der Waals surface area contributed by atoms with Crippen molar-refractivity contribution in [3.05, 3.63) is 94.8 Å². The maximum absolute atomic E-state index is 12.3. The Balaban J connectivity index is 1.64. The number of hydrazone groups is 1. The van der Waals surface area contributed by atoms with E-state index in [4.69, 9.17) is 11.6 Å². The summed E-state index contributed by atoms with van der Waals surface area (Å²) < 4.78 is 0. The molecular weight excluding hydrogens is 364 g/mol. The molecule has 0 bridgehead atoms. The molecule has 2 aromatic carbocycles. The topological polar surface area (TPSA) is 83.4 Å². The lowest BCUT2D eigenvalue weighted by atomic mass is 10.1. The molecule has 3 aromatic rings. The lowest BCUT2D eigenvalue weighted by Gasteiger charge is -2.07. The number of carbonyl (C=O) groups excluding carboxylic acids is 2. The van der Waals surface area contributed by atoms with Crippen LogP contribution in [-0.4, -0.2) is 23.0 Å². The summed E-state index contributed by atoms with van der Waals surface area (Å²) in [6.07, 6.45) is 3.08. The van der Waals surface area contributed by atoms with Crippen LogP contribution in [0.4, 0.5) is 5.69 Å². The molecule has 134 valence electrons. The van der Waals surface area contributed by atoms with Gasteiger partial charge in [-0.05, 0) is 54.6 Å². The summed E-state index contributed by atoms with van der Waals surface area (Å²) in [5.74, 6) is -0.692. The van der Waals surface area contributed by atoms with Crippen molar-refractivity contribution in [2.75, 3.05) is 5.32 Å². The number of anilines is 1. The van der Waals surface area contributed by atoms with Gasteiger partial charge in [0.1, 0.15) is 0 Å². The number of benzene rings is 2. The van der Waals surface area contributed by atoms with Crippen LogP contribution >= 0.6 is 11.6 Å². The third-order valence-electron chi connectivity index (χ3n) is 3.54. The van der Waals surface area contributed by atoms with E-state index in [0.717, 1.165) is 0 Å². The highest BCUT2D eigenvalue weighted by Crippen LogP contribution is 2.14. The zero-order valence-corrected chi connectivity index (χ0v) is 14.9. The molecule has 0 aliphatic rings. The summed E-state index contributed by atoms with van der Waals surface area (Å²) in [4.78, 5) is 28.5. The minimum atomic E-state index is -0.398. The number of halogens is 1. The van der Waals surface area contributed by atoms with Crippen LogP contribution in [0.5, 0.6) is 0 Å². The molecule has 3 rings (SSSR count). The van der Waals surface area contributed by atoms with Crippen molar-refractivity contribution in [3.8, 4) is 0 Å². The number of nitrogens with one attached hydrogen (secondary N) is 2. The molecule has 0 unspecified atom stereocenters. The average Bonchev–Trinajstić information content (AvgIpc) is 2.69. The van der Waals surface area contributed by atoms with E-state index >= 15 is 0 Å². The highest BCUT2D eigenvalue weighted by Gasteiger charge is 2.09. The predicted molar refractivity (Wildman–Crippen MR) is 105 cm³/mol. The van der Waals surface area contributed by atoms with Gasteiger partial charge in [0.15, 0.2) is 0 Å². The number of aromatic nitrogens is 1. The van der Waals surface area contributed by atoms with Crippen LogP contribution in [0, 0.1) is 0 Å². The van der Waals surface area contributed by atoms with Gasteiger partial charge in [-0.2, -0.15) is 5.10 Å². The monoisotopic (exact) mass is 378 g/mol. The molecule has 2 amide bonds. The van der Waals surface area contributed by atoms with Crippen molar-refractivity contribution in [2.45, 2.75) is 0 Å². The van der Waals surface area contributed by atoms with E-state index in [1.165, 1.54) is 6.21 Å². The molecule has 7 heteroatoms. The molecule has 0 spiro atoms. The van der Waals surface area contributed by atoms with Crippen LogP contribution in [0.3, 0.4) is 0 Å². The van der Waals surface area contributed by atoms with Crippen LogP contribution in [-0.2, 0) is 0 Å². The lowest BCUT2D eigenvalue weighted by Crippen LogP contribution is -2.18. The van der Waals surface area contributed by atoms with E-state index in [1.807, 2.05) is 6.07 Å². The highest BCUT2D eigenvalue weighted by molar-refractivity contribution is 6.30. The third kappa shape index (κ3) is 5.23. The number of pyridine rings is 1. The summed E-state index contributed by atoms with van der Waals surface area (Å²) in [6.45, 7) is 0. The first kappa shape index (κ1) is 18.3. The second-order valence-corrected chi connectivity index (χ2v) is 5.93. The van der Waals surface area contributed by atoms with Gasteiger partial charge in [0.2, 0.25) is 0 Å². The van der Waals surface area contributed by atoms with Crippen LogP contribution < -0.4 is 10.7 Å². The Labute approximate surface area is 160 Å². The number of rotatable bonds is 5. The first-order chi connectivity index (χ1) is 13.1.